The monoisotopic (exact) mass is 644 g/mol. The molecular weight excluding hydrogens is 609 g/mol. The maximum absolute atomic E-state index is 14.8. The summed E-state index contributed by atoms with van der Waals surface area (Å²) < 4.78 is 37.4. The number of sulfonamides is 1. The van der Waals surface area contributed by atoms with Crippen LogP contribution in [0.15, 0.2) is 102 Å². The summed E-state index contributed by atoms with van der Waals surface area (Å²) in [4.78, 5) is 13.8. The van der Waals surface area contributed by atoms with Crippen molar-refractivity contribution in [1.29, 1.82) is 5.26 Å². The molecule has 0 saturated carbocycles. The zero-order valence-corrected chi connectivity index (χ0v) is 27.3. The second kappa shape index (κ2) is 12.3. The number of nitriles is 1. The molecular formula is C37H36N6O3S. The predicted molar refractivity (Wildman–Crippen MR) is 183 cm³/mol. The highest BCUT2D eigenvalue weighted by molar-refractivity contribution is 7.93. The van der Waals surface area contributed by atoms with Gasteiger partial charge in [-0.15, -0.1) is 0 Å². The molecule has 9 nitrogen and oxygen atoms in total. The Morgan fingerprint density at radius 1 is 0.872 bits per heavy atom. The lowest BCUT2D eigenvalue weighted by atomic mass is 9.81. The van der Waals surface area contributed by atoms with Crippen molar-refractivity contribution in [3.8, 4) is 11.8 Å². The van der Waals surface area contributed by atoms with E-state index in [-0.39, 0.29) is 11.4 Å². The Labute approximate surface area is 275 Å². The average Bonchev–Trinajstić information content (AvgIpc) is 3.48. The second-order valence-corrected chi connectivity index (χ2v) is 13.6. The zero-order valence-electron chi connectivity index (χ0n) is 26.5. The van der Waals surface area contributed by atoms with E-state index in [0.29, 0.717) is 42.2 Å². The molecule has 0 bridgehead atoms. The maximum Gasteiger partial charge on any atom is 0.266 e. The van der Waals surface area contributed by atoms with E-state index in [1.165, 1.54) is 4.31 Å². The van der Waals surface area contributed by atoms with Crippen LogP contribution in [0.3, 0.4) is 0 Å². The molecule has 2 aliphatic heterocycles. The van der Waals surface area contributed by atoms with Crippen LogP contribution in [0.4, 0.5) is 11.4 Å². The van der Waals surface area contributed by atoms with Crippen LogP contribution >= 0.6 is 0 Å². The second-order valence-electron chi connectivity index (χ2n) is 11.8. The standard InChI is InChI=1S/C37H36N6O3S/c1-3-29-24-30(16-18-39-29)41-19-21-42(22-20-41)37(31-11-5-6-12-34(31)46-4-2)26-43(33-15-14-27(25-38)23-32(33)37)47(44,45)35-13-7-9-28-10-8-17-40-36(28)35/h5-18,23-24H,3-4,19-22,26H2,1-2H3. The fourth-order valence-electron chi connectivity index (χ4n) is 7.11. The number of aromatic nitrogens is 2. The molecule has 0 N–H and O–H groups in total. The Balaban J connectivity index is 1.39. The van der Waals surface area contributed by atoms with Gasteiger partial charge >= 0.3 is 0 Å². The molecule has 1 unspecified atom stereocenters. The summed E-state index contributed by atoms with van der Waals surface area (Å²) in [5.41, 5.74) is 4.33. The normalized spacial score (nSPS) is 18.2. The van der Waals surface area contributed by atoms with Gasteiger partial charge in [-0.3, -0.25) is 19.2 Å². The Kier molecular flexibility index (Phi) is 8.04. The highest BCUT2D eigenvalue weighted by atomic mass is 32.2. The van der Waals surface area contributed by atoms with Gasteiger partial charge in [0.1, 0.15) is 10.6 Å². The van der Waals surface area contributed by atoms with Crippen molar-refractivity contribution in [3.05, 3.63) is 120 Å². The third kappa shape index (κ3) is 5.16. The van der Waals surface area contributed by atoms with Crippen molar-refractivity contribution in [2.75, 3.05) is 48.5 Å². The summed E-state index contributed by atoms with van der Waals surface area (Å²) >= 11 is 0. The molecule has 10 heteroatoms. The van der Waals surface area contributed by atoms with Crippen molar-refractivity contribution in [3.63, 3.8) is 0 Å². The van der Waals surface area contributed by atoms with Crippen molar-refractivity contribution in [2.45, 2.75) is 30.7 Å². The number of rotatable bonds is 8. The van der Waals surface area contributed by atoms with Crippen LogP contribution in [0, 0.1) is 11.3 Å². The van der Waals surface area contributed by atoms with Gasteiger partial charge in [-0.05, 0) is 61.9 Å². The van der Waals surface area contributed by atoms with Gasteiger partial charge in [0, 0.05) is 66.5 Å². The van der Waals surface area contributed by atoms with E-state index in [9.17, 15) is 13.7 Å². The minimum Gasteiger partial charge on any atom is -0.494 e. The molecule has 1 saturated heterocycles. The maximum atomic E-state index is 14.8. The number of benzene rings is 3. The molecule has 238 valence electrons. The molecule has 1 atom stereocenters. The smallest absolute Gasteiger partial charge is 0.266 e. The van der Waals surface area contributed by atoms with Gasteiger partial charge in [0.25, 0.3) is 10.0 Å². The first-order valence-corrected chi connectivity index (χ1v) is 17.4. The minimum atomic E-state index is -4.10. The number of ether oxygens (including phenoxy) is 1. The first-order valence-electron chi connectivity index (χ1n) is 16.0. The number of pyridine rings is 2. The zero-order chi connectivity index (χ0) is 32.6. The van der Waals surface area contributed by atoms with Crippen LogP contribution in [0.1, 0.15) is 36.2 Å². The number of hydrogen-bond donors (Lipinski definition) is 0. The lowest BCUT2D eigenvalue weighted by Gasteiger charge is -2.47. The third-order valence-electron chi connectivity index (χ3n) is 9.36. The van der Waals surface area contributed by atoms with E-state index in [4.69, 9.17) is 4.74 Å². The Morgan fingerprint density at radius 2 is 1.68 bits per heavy atom. The van der Waals surface area contributed by atoms with Crippen LogP contribution in [0.25, 0.3) is 10.9 Å². The summed E-state index contributed by atoms with van der Waals surface area (Å²) in [6, 6.07) is 28.6. The van der Waals surface area contributed by atoms with Crippen LogP contribution in [0.5, 0.6) is 5.75 Å². The molecule has 0 aliphatic carbocycles. The summed E-state index contributed by atoms with van der Waals surface area (Å²) in [5, 5.41) is 10.8. The fraction of sp³-hybridized carbons (Fsp3) is 0.270. The van der Waals surface area contributed by atoms with Gasteiger partial charge in [0.15, 0.2) is 0 Å². The molecule has 47 heavy (non-hydrogen) atoms. The molecule has 0 spiro atoms. The Morgan fingerprint density at radius 3 is 2.47 bits per heavy atom. The van der Waals surface area contributed by atoms with E-state index < -0.39 is 15.6 Å². The summed E-state index contributed by atoms with van der Waals surface area (Å²) in [7, 11) is -4.10. The summed E-state index contributed by atoms with van der Waals surface area (Å²) in [6.45, 7) is 7.40. The molecule has 7 rings (SSSR count). The van der Waals surface area contributed by atoms with E-state index >= 15 is 0 Å². The van der Waals surface area contributed by atoms with Gasteiger partial charge in [0.05, 0.1) is 41.5 Å². The quantitative estimate of drug-likeness (QED) is 0.211. The van der Waals surface area contributed by atoms with Gasteiger partial charge < -0.3 is 9.64 Å². The lowest BCUT2D eigenvalue weighted by Crippen LogP contribution is -2.58. The Bertz CT molecular complexity index is 2100. The predicted octanol–water partition coefficient (Wildman–Crippen LogP) is 5.74. The number of nitrogens with zero attached hydrogens (tertiary/aromatic N) is 6. The van der Waals surface area contributed by atoms with Crippen molar-refractivity contribution >= 4 is 32.3 Å². The van der Waals surface area contributed by atoms with Gasteiger partial charge in [-0.2, -0.15) is 5.26 Å². The molecule has 4 heterocycles. The molecule has 1 fully saturated rings. The van der Waals surface area contributed by atoms with Crippen LogP contribution < -0.4 is 13.9 Å². The third-order valence-corrected chi connectivity index (χ3v) is 11.1. The number of piperazine rings is 1. The largest absolute Gasteiger partial charge is 0.494 e. The minimum absolute atomic E-state index is 0.113. The summed E-state index contributed by atoms with van der Waals surface area (Å²) in [5.74, 6) is 0.693. The number of para-hydroxylation sites is 2. The number of anilines is 2. The van der Waals surface area contributed by atoms with E-state index in [0.717, 1.165) is 47.4 Å². The highest BCUT2D eigenvalue weighted by Gasteiger charge is 2.53. The highest BCUT2D eigenvalue weighted by Crippen LogP contribution is 2.52. The van der Waals surface area contributed by atoms with E-state index in [2.05, 4.69) is 38.8 Å². The molecule has 2 aliphatic rings. The van der Waals surface area contributed by atoms with Gasteiger partial charge in [0.2, 0.25) is 0 Å². The van der Waals surface area contributed by atoms with Crippen molar-refractivity contribution in [2.24, 2.45) is 0 Å². The molecule has 2 aromatic heterocycles. The molecule has 0 radical (unpaired) electrons. The lowest BCUT2D eigenvalue weighted by molar-refractivity contribution is 0.124. The SMILES string of the molecule is CCOc1ccccc1C1(N2CCN(c3ccnc(CC)c3)CC2)CN(S(=O)(=O)c2cccc3cccnc23)c2ccc(C#N)cc21. The topological polar surface area (TPSA) is 103 Å². The van der Waals surface area contributed by atoms with Crippen LogP contribution in [-0.2, 0) is 22.0 Å². The average molecular weight is 645 g/mol. The molecule has 0 amide bonds. The van der Waals surface area contributed by atoms with E-state index in [1.54, 1.807) is 36.5 Å². The number of hydrogen-bond acceptors (Lipinski definition) is 8. The van der Waals surface area contributed by atoms with E-state index in [1.807, 2.05) is 61.7 Å². The van der Waals surface area contributed by atoms with Crippen LogP contribution in [0.2, 0.25) is 0 Å². The number of fused-ring (bicyclic) bond motifs is 2. The molecule has 5 aromatic rings. The van der Waals surface area contributed by atoms with Gasteiger partial charge in [-0.25, -0.2) is 8.42 Å². The molecule has 3 aromatic carbocycles. The number of aryl methyl sites for hydroxylation is 1. The van der Waals surface area contributed by atoms with Crippen LogP contribution in [-0.4, -0.2) is 62.6 Å². The van der Waals surface area contributed by atoms with Crippen molar-refractivity contribution < 1.29 is 13.2 Å². The first-order chi connectivity index (χ1) is 22.9. The van der Waals surface area contributed by atoms with Gasteiger partial charge in [-0.1, -0.05) is 43.3 Å². The first kappa shape index (κ1) is 30.7. The fourth-order valence-corrected chi connectivity index (χ4v) is 8.79. The van der Waals surface area contributed by atoms with Crippen molar-refractivity contribution in [1.82, 2.24) is 14.9 Å². The Hall–Kier alpha value is -4.98. The summed E-state index contributed by atoms with van der Waals surface area (Å²) in [6.07, 6.45) is 4.34.